The zero-order chi connectivity index (χ0) is 14.3. The fraction of sp³-hybridized carbons (Fsp3) is 1.00. The van der Waals surface area contributed by atoms with Crippen molar-refractivity contribution in [3.8, 4) is 0 Å². The zero-order valence-electron chi connectivity index (χ0n) is 13.8. The van der Waals surface area contributed by atoms with Gasteiger partial charge in [0.1, 0.15) is 0 Å². The standard InChI is InChI=1S/C16H35N3/c1-6-19(15(3)13-18(4)5)11-10-17-16-9-7-8-14(2)12-16/h14-17H,6-13H2,1-5H3. The lowest BCUT2D eigenvalue weighted by molar-refractivity contribution is 0.177. The van der Waals surface area contributed by atoms with E-state index in [4.69, 9.17) is 0 Å². The Morgan fingerprint density at radius 2 is 2.00 bits per heavy atom. The van der Waals surface area contributed by atoms with Crippen molar-refractivity contribution in [2.75, 3.05) is 40.3 Å². The van der Waals surface area contributed by atoms with E-state index in [-0.39, 0.29) is 0 Å². The molecule has 3 heteroatoms. The van der Waals surface area contributed by atoms with E-state index >= 15 is 0 Å². The van der Waals surface area contributed by atoms with E-state index in [9.17, 15) is 0 Å². The highest BCUT2D eigenvalue weighted by molar-refractivity contribution is 4.77. The summed E-state index contributed by atoms with van der Waals surface area (Å²) in [6.45, 7) is 11.6. The molecular weight excluding hydrogens is 234 g/mol. The molecule has 0 aromatic heterocycles. The van der Waals surface area contributed by atoms with Gasteiger partial charge in [-0.3, -0.25) is 4.90 Å². The summed E-state index contributed by atoms with van der Waals surface area (Å²) in [5, 5.41) is 3.77. The average Bonchev–Trinajstić information content (AvgIpc) is 2.33. The quantitative estimate of drug-likeness (QED) is 0.730. The van der Waals surface area contributed by atoms with Crippen LogP contribution in [0.5, 0.6) is 0 Å². The first-order valence-electron chi connectivity index (χ1n) is 8.15. The van der Waals surface area contributed by atoms with Gasteiger partial charge in [-0.25, -0.2) is 0 Å². The molecule has 0 heterocycles. The minimum atomic E-state index is 0.645. The second-order valence-electron chi connectivity index (χ2n) is 6.66. The van der Waals surface area contributed by atoms with E-state index in [1.54, 1.807) is 0 Å². The predicted octanol–water partition coefficient (Wildman–Crippen LogP) is 2.43. The molecule has 3 unspecified atom stereocenters. The minimum Gasteiger partial charge on any atom is -0.313 e. The second-order valence-corrected chi connectivity index (χ2v) is 6.66. The Morgan fingerprint density at radius 1 is 1.26 bits per heavy atom. The number of nitrogens with zero attached hydrogens (tertiary/aromatic N) is 2. The summed E-state index contributed by atoms with van der Waals surface area (Å²) >= 11 is 0. The number of nitrogens with one attached hydrogen (secondary N) is 1. The molecular formula is C16H35N3. The van der Waals surface area contributed by atoms with E-state index in [0.29, 0.717) is 6.04 Å². The molecule has 1 fully saturated rings. The normalized spacial score (nSPS) is 26.1. The second kappa shape index (κ2) is 8.93. The maximum atomic E-state index is 3.77. The summed E-state index contributed by atoms with van der Waals surface area (Å²) in [6.07, 6.45) is 5.59. The summed E-state index contributed by atoms with van der Waals surface area (Å²) in [6, 6.07) is 1.42. The minimum absolute atomic E-state index is 0.645. The fourth-order valence-corrected chi connectivity index (χ4v) is 3.37. The van der Waals surface area contributed by atoms with Gasteiger partial charge in [0.15, 0.2) is 0 Å². The van der Waals surface area contributed by atoms with Crippen molar-refractivity contribution in [2.45, 2.75) is 58.5 Å². The lowest BCUT2D eigenvalue weighted by Crippen LogP contribution is -2.45. The van der Waals surface area contributed by atoms with Gasteiger partial charge in [0.2, 0.25) is 0 Å². The molecule has 1 aliphatic rings. The Labute approximate surface area is 120 Å². The Kier molecular flexibility index (Phi) is 7.96. The molecule has 1 aliphatic carbocycles. The summed E-state index contributed by atoms with van der Waals surface area (Å²) in [5.41, 5.74) is 0. The van der Waals surface area contributed by atoms with Crippen LogP contribution in [-0.4, -0.2) is 62.2 Å². The lowest BCUT2D eigenvalue weighted by atomic mass is 9.87. The number of hydrogen-bond donors (Lipinski definition) is 1. The van der Waals surface area contributed by atoms with Crippen LogP contribution in [0.4, 0.5) is 0 Å². The molecule has 0 aliphatic heterocycles. The monoisotopic (exact) mass is 269 g/mol. The van der Waals surface area contributed by atoms with Crippen molar-refractivity contribution in [2.24, 2.45) is 5.92 Å². The van der Waals surface area contributed by atoms with Crippen LogP contribution >= 0.6 is 0 Å². The molecule has 0 spiro atoms. The third kappa shape index (κ3) is 6.73. The molecule has 114 valence electrons. The number of likely N-dealkylation sites (N-methyl/N-ethyl adjacent to an activating group) is 2. The summed E-state index contributed by atoms with van der Waals surface area (Å²) in [7, 11) is 4.32. The molecule has 0 amide bonds. The summed E-state index contributed by atoms with van der Waals surface area (Å²) < 4.78 is 0. The average molecular weight is 269 g/mol. The molecule has 0 radical (unpaired) electrons. The van der Waals surface area contributed by atoms with Gasteiger partial charge in [0.05, 0.1) is 0 Å². The van der Waals surface area contributed by atoms with Crippen LogP contribution in [0.25, 0.3) is 0 Å². The van der Waals surface area contributed by atoms with E-state index in [1.165, 1.54) is 32.2 Å². The maximum absolute atomic E-state index is 3.77. The van der Waals surface area contributed by atoms with Gasteiger partial charge in [-0.05, 0) is 46.3 Å². The maximum Gasteiger partial charge on any atom is 0.0195 e. The van der Waals surface area contributed by atoms with Gasteiger partial charge in [-0.1, -0.05) is 26.7 Å². The lowest BCUT2D eigenvalue weighted by Gasteiger charge is -2.32. The molecule has 3 atom stereocenters. The number of rotatable bonds is 8. The third-order valence-corrected chi connectivity index (χ3v) is 4.43. The predicted molar refractivity (Wildman–Crippen MR) is 84.7 cm³/mol. The van der Waals surface area contributed by atoms with Crippen LogP contribution in [0.3, 0.4) is 0 Å². The highest BCUT2D eigenvalue weighted by atomic mass is 15.2. The molecule has 0 bridgehead atoms. The van der Waals surface area contributed by atoms with Gasteiger partial charge < -0.3 is 10.2 Å². The molecule has 0 aromatic rings. The van der Waals surface area contributed by atoms with Gasteiger partial charge in [0, 0.05) is 31.7 Å². The van der Waals surface area contributed by atoms with Crippen molar-refractivity contribution < 1.29 is 0 Å². The van der Waals surface area contributed by atoms with Gasteiger partial charge in [0.25, 0.3) is 0 Å². The van der Waals surface area contributed by atoms with Crippen molar-refractivity contribution in [1.29, 1.82) is 0 Å². The van der Waals surface area contributed by atoms with Crippen LogP contribution in [0.15, 0.2) is 0 Å². The molecule has 1 rings (SSSR count). The van der Waals surface area contributed by atoms with E-state index in [0.717, 1.165) is 31.6 Å². The van der Waals surface area contributed by atoms with Crippen LogP contribution in [-0.2, 0) is 0 Å². The Balaban J connectivity index is 2.21. The van der Waals surface area contributed by atoms with E-state index in [1.807, 2.05) is 0 Å². The van der Waals surface area contributed by atoms with Crippen LogP contribution in [0.1, 0.15) is 46.5 Å². The van der Waals surface area contributed by atoms with Crippen molar-refractivity contribution >= 4 is 0 Å². The fourth-order valence-electron chi connectivity index (χ4n) is 3.37. The molecule has 0 saturated heterocycles. The highest BCUT2D eigenvalue weighted by Crippen LogP contribution is 2.23. The Bertz CT molecular complexity index is 230. The summed E-state index contributed by atoms with van der Waals surface area (Å²) in [5.74, 6) is 0.918. The molecule has 3 nitrogen and oxygen atoms in total. The van der Waals surface area contributed by atoms with Crippen LogP contribution < -0.4 is 5.32 Å². The first kappa shape index (κ1) is 16.9. The first-order valence-corrected chi connectivity index (χ1v) is 8.15. The molecule has 19 heavy (non-hydrogen) atoms. The number of hydrogen-bond acceptors (Lipinski definition) is 3. The van der Waals surface area contributed by atoms with Crippen molar-refractivity contribution in [3.05, 3.63) is 0 Å². The molecule has 1 saturated carbocycles. The molecule has 1 N–H and O–H groups in total. The van der Waals surface area contributed by atoms with Crippen molar-refractivity contribution in [3.63, 3.8) is 0 Å². The SMILES string of the molecule is CCN(CCNC1CCCC(C)C1)C(C)CN(C)C. The Morgan fingerprint density at radius 3 is 2.58 bits per heavy atom. The van der Waals surface area contributed by atoms with Gasteiger partial charge in [-0.15, -0.1) is 0 Å². The topological polar surface area (TPSA) is 18.5 Å². The first-order chi connectivity index (χ1) is 9.02. The van der Waals surface area contributed by atoms with Gasteiger partial charge in [-0.2, -0.15) is 0 Å². The molecule has 0 aromatic carbocycles. The van der Waals surface area contributed by atoms with Crippen LogP contribution in [0.2, 0.25) is 0 Å². The van der Waals surface area contributed by atoms with Gasteiger partial charge >= 0.3 is 0 Å². The smallest absolute Gasteiger partial charge is 0.0195 e. The van der Waals surface area contributed by atoms with Crippen LogP contribution in [0, 0.1) is 5.92 Å². The summed E-state index contributed by atoms with van der Waals surface area (Å²) in [4.78, 5) is 4.86. The Hall–Kier alpha value is -0.120. The zero-order valence-corrected chi connectivity index (χ0v) is 13.8. The van der Waals surface area contributed by atoms with E-state index in [2.05, 4.69) is 50.0 Å². The largest absolute Gasteiger partial charge is 0.313 e. The highest BCUT2D eigenvalue weighted by Gasteiger charge is 2.18. The third-order valence-electron chi connectivity index (χ3n) is 4.43. The van der Waals surface area contributed by atoms with Crippen molar-refractivity contribution in [1.82, 2.24) is 15.1 Å². The van der Waals surface area contributed by atoms with E-state index < -0.39 is 0 Å².